The summed E-state index contributed by atoms with van der Waals surface area (Å²) < 4.78 is 12.2. The molecule has 0 atom stereocenters. The number of nitrogens with zero attached hydrogens (tertiary/aromatic N) is 3. The average molecular weight is 448 g/mol. The van der Waals surface area contributed by atoms with E-state index in [1.54, 1.807) is 32.4 Å². The fourth-order valence-electron chi connectivity index (χ4n) is 2.61. The van der Waals surface area contributed by atoms with E-state index in [1.165, 1.54) is 23.1 Å². The van der Waals surface area contributed by atoms with Gasteiger partial charge in [0.15, 0.2) is 11.0 Å². The Balaban J connectivity index is 1.70. The maximum Gasteiger partial charge on any atom is 0.234 e. The molecule has 2 aromatic heterocycles. The van der Waals surface area contributed by atoms with Crippen molar-refractivity contribution < 1.29 is 19.1 Å². The highest BCUT2D eigenvalue weighted by atomic mass is 32.2. The first-order chi connectivity index (χ1) is 14.5. The molecule has 0 aliphatic carbocycles. The lowest BCUT2D eigenvalue weighted by atomic mass is 10.2. The summed E-state index contributed by atoms with van der Waals surface area (Å²) >= 11 is 2.75. The molecule has 3 rings (SSSR count). The Bertz CT molecular complexity index is 998. The summed E-state index contributed by atoms with van der Waals surface area (Å²) in [6.45, 7) is 0.340. The molecule has 3 N–H and O–H groups in total. The zero-order valence-electron chi connectivity index (χ0n) is 16.5. The normalized spacial score (nSPS) is 10.6. The Labute approximate surface area is 181 Å². The number of amides is 2. The van der Waals surface area contributed by atoms with Gasteiger partial charge < -0.3 is 25.1 Å². The summed E-state index contributed by atoms with van der Waals surface area (Å²) in [6.07, 6.45) is 0.153. The summed E-state index contributed by atoms with van der Waals surface area (Å²) in [5.41, 5.74) is 5.86. The lowest BCUT2D eigenvalue weighted by Crippen LogP contribution is -2.16. The van der Waals surface area contributed by atoms with Gasteiger partial charge in [0.1, 0.15) is 11.5 Å². The van der Waals surface area contributed by atoms with E-state index in [0.717, 1.165) is 4.88 Å². The van der Waals surface area contributed by atoms with E-state index in [2.05, 4.69) is 15.5 Å². The standard InChI is InChI=1S/C19H21N5O4S2/c1-27-13-8-12(9-14(10-13)28-2)21-17(26)11-30-19-23-22-18(15-4-3-7-29-15)24(19)6-5-16(20)25/h3-4,7-10H,5-6,11H2,1-2H3,(H2,20,25)(H,21,26). The number of nitrogens with two attached hydrogens (primary N) is 1. The van der Waals surface area contributed by atoms with Crippen LogP contribution in [0.15, 0.2) is 40.9 Å². The van der Waals surface area contributed by atoms with Gasteiger partial charge in [0.05, 0.1) is 24.8 Å². The first-order valence-corrected chi connectivity index (χ1v) is 10.8. The van der Waals surface area contributed by atoms with E-state index in [9.17, 15) is 9.59 Å². The molecule has 9 nitrogen and oxygen atoms in total. The Morgan fingerprint density at radius 2 is 1.93 bits per heavy atom. The van der Waals surface area contributed by atoms with Crippen LogP contribution in [0.2, 0.25) is 0 Å². The number of thiophene rings is 1. The van der Waals surface area contributed by atoms with Crippen LogP contribution < -0.4 is 20.5 Å². The highest BCUT2D eigenvalue weighted by Gasteiger charge is 2.17. The molecule has 0 aliphatic rings. The third kappa shape index (κ3) is 5.51. The van der Waals surface area contributed by atoms with Crippen LogP contribution in [0.5, 0.6) is 11.5 Å². The molecule has 0 aliphatic heterocycles. The van der Waals surface area contributed by atoms with Crippen molar-refractivity contribution in [3.63, 3.8) is 0 Å². The number of carbonyl (C=O) groups excluding carboxylic acids is 2. The second kappa shape index (κ2) is 10.1. The molecule has 2 heterocycles. The number of ether oxygens (including phenoxy) is 2. The van der Waals surface area contributed by atoms with E-state index in [4.69, 9.17) is 15.2 Å². The van der Waals surface area contributed by atoms with Crippen LogP contribution in [0, 0.1) is 0 Å². The number of aromatic nitrogens is 3. The third-order valence-electron chi connectivity index (χ3n) is 4.01. The summed E-state index contributed by atoms with van der Waals surface area (Å²) in [5.74, 6) is 1.26. The molecule has 0 bridgehead atoms. The molecule has 0 radical (unpaired) electrons. The first-order valence-electron chi connectivity index (χ1n) is 8.91. The van der Waals surface area contributed by atoms with Crippen molar-refractivity contribution in [1.82, 2.24) is 14.8 Å². The molecule has 0 fully saturated rings. The maximum atomic E-state index is 12.5. The number of primary amides is 1. The molecule has 1 aromatic carbocycles. The molecule has 0 saturated carbocycles. The number of hydrogen-bond acceptors (Lipinski definition) is 8. The Hall–Kier alpha value is -3.05. The number of thioether (sulfide) groups is 1. The monoisotopic (exact) mass is 447 g/mol. The molecule has 0 saturated heterocycles. The van der Waals surface area contributed by atoms with Crippen LogP contribution in [0.3, 0.4) is 0 Å². The van der Waals surface area contributed by atoms with Gasteiger partial charge in [-0.2, -0.15) is 0 Å². The molecule has 158 valence electrons. The Kier molecular flexibility index (Phi) is 7.31. The second-order valence-electron chi connectivity index (χ2n) is 6.09. The van der Waals surface area contributed by atoms with Crippen LogP contribution in [0.1, 0.15) is 6.42 Å². The number of hydrogen-bond donors (Lipinski definition) is 2. The maximum absolute atomic E-state index is 12.5. The van der Waals surface area contributed by atoms with Crippen LogP contribution in [-0.2, 0) is 16.1 Å². The van der Waals surface area contributed by atoms with Crippen molar-refractivity contribution in [2.75, 3.05) is 25.3 Å². The minimum absolute atomic E-state index is 0.110. The van der Waals surface area contributed by atoms with E-state index in [-0.39, 0.29) is 18.1 Å². The van der Waals surface area contributed by atoms with Gasteiger partial charge in [0.25, 0.3) is 0 Å². The lowest BCUT2D eigenvalue weighted by molar-refractivity contribution is -0.118. The SMILES string of the molecule is COc1cc(NC(=O)CSc2nnc(-c3cccs3)n2CCC(N)=O)cc(OC)c1. The van der Waals surface area contributed by atoms with Crippen LogP contribution in [-0.4, -0.2) is 46.6 Å². The molecular formula is C19H21N5O4S2. The zero-order chi connectivity index (χ0) is 21.5. The van der Waals surface area contributed by atoms with Gasteiger partial charge in [-0.3, -0.25) is 9.59 Å². The predicted octanol–water partition coefficient (Wildman–Crippen LogP) is 2.63. The number of benzene rings is 1. The number of carbonyl (C=O) groups is 2. The van der Waals surface area contributed by atoms with Gasteiger partial charge >= 0.3 is 0 Å². The Morgan fingerprint density at radius 1 is 1.20 bits per heavy atom. The number of nitrogens with one attached hydrogen (secondary N) is 1. The van der Waals surface area contributed by atoms with Gasteiger partial charge in [-0.1, -0.05) is 17.8 Å². The van der Waals surface area contributed by atoms with E-state index in [1.807, 2.05) is 22.1 Å². The minimum Gasteiger partial charge on any atom is -0.497 e. The van der Waals surface area contributed by atoms with Crippen LogP contribution in [0.4, 0.5) is 5.69 Å². The number of anilines is 1. The zero-order valence-corrected chi connectivity index (χ0v) is 18.1. The highest BCUT2D eigenvalue weighted by Crippen LogP contribution is 2.28. The van der Waals surface area contributed by atoms with Crippen molar-refractivity contribution in [1.29, 1.82) is 0 Å². The number of rotatable bonds is 10. The summed E-state index contributed by atoms with van der Waals surface area (Å²) in [4.78, 5) is 24.6. The smallest absolute Gasteiger partial charge is 0.234 e. The fourth-order valence-corrected chi connectivity index (χ4v) is 4.10. The van der Waals surface area contributed by atoms with Crippen LogP contribution >= 0.6 is 23.1 Å². The van der Waals surface area contributed by atoms with Gasteiger partial charge in [-0.15, -0.1) is 21.5 Å². The molecule has 2 amide bonds. The summed E-state index contributed by atoms with van der Waals surface area (Å²) in [6, 6.07) is 8.96. The minimum atomic E-state index is -0.415. The quantitative estimate of drug-likeness (QED) is 0.458. The molecule has 30 heavy (non-hydrogen) atoms. The lowest BCUT2D eigenvalue weighted by Gasteiger charge is -2.10. The molecule has 0 unspecified atom stereocenters. The first kappa shape index (κ1) is 21.7. The Morgan fingerprint density at radius 3 is 2.53 bits per heavy atom. The third-order valence-corrected chi connectivity index (χ3v) is 5.84. The van der Waals surface area contributed by atoms with Gasteiger partial charge in [-0.05, 0) is 11.4 Å². The van der Waals surface area contributed by atoms with Gasteiger partial charge in [0.2, 0.25) is 11.8 Å². The van der Waals surface area contributed by atoms with Gasteiger partial charge in [-0.25, -0.2) is 0 Å². The van der Waals surface area contributed by atoms with Crippen molar-refractivity contribution >= 4 is 40.6 Å². The highest BCUT2D eigenvalue weighted by molar-refractivity contribution is 7.99. The molecule has 0 spiro atoms. The summed E-state index contributed by atoms with van der Waals surface area (Å²) in [7, 11) is 3.08. The topological polar surface area (TPSA) is 121 Å². The predicted molar refractivity (Wildman–Crippen MR) is 116 cm³/mol. The van der Waals surface area contributed by atoms with Crippen molar-refractivity contribution in [2.24, 2.45) is 5.73 Å². The molecule has 11 heteroatoms. The van der Waals surface area contributed by atoms with E-state index >= 15 is 0 Å². The van der Waals surface area contributed by atoms with Crippen LogP contribution in [0.25, 0.3) is 10.7 Å². The van der Waals surface area contributed by atoms with E-state index < -0.39 is 5.91 Å². The van der Waals surface area contributed by atoms with Crippen molar-refractivity contribution in [2.45, 2.75) is 18.1 Å². The molecule has 3 aromatic rings. The number of methoxy groups -OCH3 is 2. The van der Waals surface area contributed by atoms with Gasteiger partial charge in [0, 0.05) is 36.9 Å². The average Bonchev–Trinajstić information content (AvgIpc) is 3.39. The fraction of sp³-hybridized carbons (Fsp3) is 0.263. The molecular weight excluding hydrogens is 426 g/mol. The largest absolute Gasteiger partial charge is 0.497 e. The summed E-state index contributed by atoms with van der Waals surface area (Å²) in [5, 5.41) is 13.7. The van der Waals surface area contributed by atoms with Crippen molar-refractivity contribution in [3.05, 3.63) is 35.7 Å². The van der Waals surface area contributed by atoms with E-state index in [0.29, 0.717) is 34.7 Å². The second-order valence-corrected chi connectivity index (χ2v) is 7.98. The van der Waals surface area contributed by atoms with Crippen molar-refractivity contribution in [3.8, 4) is 22.2 Å².